The summed E-state index contributed by atoms with van der Waals surface area (Å²) >= 11 is 1.49. The van der Waals surface area contributed by atoms with Crippen LogP contribution in [0.5, 0.6) is 0 Å². The monoisotopic (exact) mass is 403 g/mol. The van der Waals surface area contributed by atoms with E-state index in [1.807, 2.05) is 11.8 Å². The summed E-state index contributed by atoms with van der Waals surface area (Å²) in [6, 6.07) is 0. The first-order chi connectivity index (χ1) is 13.6. The zero-order chi connectivity index (χ0) is 19.5. The SMILES string of the molecule is Cc1c(C(=O)N2CCC(C)CC2)sc2ncnc(NCCN3CCOCC3)c12. The number of likely N-dealkylation sites (tertiary alicyclic amines) is 1. The second-order valence-corrected chi connectivity index (χ2v) is 8.81. The first-order valence-corrected chi connectivity index (χ1v) is 11.0. The van der Waals surface area contributed by atoms with Crippen LogP contribution in [0.15, 0.2) is 6.33 Å². The lowest BCUT2D eigenvalue weighted by atomic mass is 9.99. The summed E-state index contributed by atoms with van der Waals surface area (Å²) in [5, 5.41) is 4.45. The highest BCUT2D eigenvalue weighted by molar-refractivity contribution is 7.20. The van der Waals surface area contributed by atoms with Crippen LogP contribution in [0, 0.1) is 12.8 Å². The van der Waals surface area contributed by atoms with E-state index < -0.39 is 0 Å². The highest BCUT2D eigenvalue weighted by atomic mass is 32.1. The number of morpholine rings is 1. The van der Waals surface area contributed by atoms with E-state index in [4.69, 9.17) is 4.74 Å². The van der Waals surface area contributed by atoms with Gasteiger partial charge in [0.2, 0.25) is 0 Å². The molecule has 0 saturated carbocycles. The molecule has 0 bridgehead atoms. The van der Waals surface area contributed by atoms with Crippen molar-refractivity contribution < 1.29 is 9.53 Å². The number of piperidine rings is 1. The van der Waals surface area contributed by atoms with Gasteiger partial charge in [0.1, 0.15) is 17.0 Å². The first-order valence-electron chi connectivity index (χ1n) is 10.2. The van der Waals surface area contributed by atoms with E-state index >= 15 is 0 Å². The molecule has 0 spiro atoms. The Bertz CT molecular complexity index is 825. The lowest BCUT2D eigenvalue weighted by molar-refractivity contribution is 0.0398. The number of aryl methyl sites for hydroxylation is 1. The number of fused-ring (bicyclic) bond motifs is 1. The van der Waals surface area contributed by atoms with Crippen molar-refractivity contribution in [2.75, 3.05) is 57.8 Å². The molecule has 0 aliphatic carbocycles. The van der Waals surface area contributed by atoms with E-state index in [0.29, 0.717) is 5.92 Å². The minimum atomic E-state index is 0.145. The molecule has 2 aliphatic rings. The molecule has 8 heteroatoms. The average Bonchev–Trinajstić information content (AvgIpc) is 3.06. The van der Waals surface area contributed by atoms with E-state index in [1.165, 1.54) is 11.3 Å². The Labute approximate surface area is 170 Å². The van der Waals surface area contributed by atoms with E-state index in [2.05, 4.69) is 27.1 Å². The zero-order valence-corrected chi connectivity index (χ0v) is 17.6. The van der Waals surface area contributed by atoms with Crippen LogP contribution in [0.3, 0.4) is 0 Å². The number of nitrogens with zero attached hydrogens (tertiary/aromatic N) is 4. The number of carbonyl (C=O) groups is 1. The van der Waals surface area contributed by atoms with Gasteiger partial charge in [-0.2, -0.15) is 0 Å². The smallest absolute Gasteiger partial charge is 0.264 e. The third-order valence-electron chi connectivity index (χ3n) is 5.82. The van der Waals surface area contributed by atoms with Crippen molar-refractivity contribution in [1.82, 2.24) is 19.8 Å². The molecule has 2 aromatic rings. The van der Waals surface area contributed by atoms with Crippen LogP contribution < -0.4 is 5.32 Å². The highest BCUT2D eigenvalue weighted by Crippen LogP contribution is 2.34. The van der Waals surface area contributed by atoms with E-state index in [0.717, 1.165) is 91.8 Å². The summed E-state index contributed by atoms with van der Waals surface area (Å²) in [4.78, 5) is 28.0. The second kappa shape index (κ2) is 8.71. The maximum Gasteiger partial charge on any atom is 0.264 e. The summed E-state index contributed by atoms with van der Waals surface area (Å²) < 4.78 is 5.40. The van der Waals surface area contributed by atoms with Crippen molar-refractivity contribution in [1.29, 1.82) is 0 Å². The molecule has 4 heterocycles. The standard InChI is InChI=1S/C20H29N5O2S/c1-14-3-6-25(7-4-14)20(26)17-15(2)16-18(22-13-23-19(16)28-17)21-5-8-24-9-11-27-12-10-24/h13-14H,3-12H2,1-2H3,(H,21,22,23). The number of rotatable bonds is 5. The van der Waals surface area contributed by atoms with Crippen LogP contribution in [0.4, 0.5) is 5.82 Å². The molecule has 1 N–H and O–H groups in total. The fourth-order valence-electron chi connectivity index (χ4n) is 3.92. The Morgan fingerprint density at radius 3 is 2.75 bits per heavy atom. The number of amides is 1. The van der Waals surface area contributed by atoms with Gasteiger partial charge < -0.3 is 15.0 Å². The Morgan fingerprint density at radius 2 is 2.00 bits per heavy atom. The van der Waals surface area contributed by atoms with Crippen molar-refractivity contribution in [2.24, 2.45) is 5.92 Å². The molecule has 1 amide bonds. The number of thiophene rings is 1. The maximum atomic E-state index is 13.1. The van der Waals surface area contributed by atoms with Gasteiger partial charge in [0.05, 0.1) is 23.5 Å². The lowest BCUT2D eigenvalue weighted by Gasteiger charge is -2.30. The molecule has 2 aliphatic heterocycles. The van der Waals surface area contributed by atoms with Gasteiger partial charge in [-0.15, -0.1) is 11.3 Å². The minimum absolute atomic E-state index is 0.145. The number of nitrogens with one attached hydrogen (secondary N) is 1. The van der Waals surface area contributed by atoms with E-state index in [9.17, 15) is 4.79 Å². The van der Waals surface area contributed by atoms with Crippen LogP contribution in [0.1, 0.15) is 35.0 Å². The predicted octanol–water partition coefficient (Wildman–Crippen LogP) is 2.62. The van der Waals surface area contributed by atoms with Crippen molar-refractivity contribution in [3.63, 3.8) is 0 Å². The first kappa shape index (κ1) is 19.5. The summed E-state index contributed by atoms with van der Waals surface area (Å²) in [6.45, 7) is 11.3. The number of aromatic nitrogens is 2. The highest BCUT2D eigenvalue weighted by Gasteiger charge is 2.26. The molecule has 152 valence electrons. The third-order valence-corrected chi connectivity index (χ3v) is 7.00. The van der Waals surface area contributed by atoms with Gasteiger partial charge in [-0.25, -0.2) is 9.97 Å². The number of carbonyl (C=O) groups excluding carboxylic acids is 1. The molecular formula is C20H29N5O2S. The third kappa shape index (κ3) is 4.14. The molecule has 4 rings (SSSR count). The molecule has 0 atom stereocenters. The zero-order valence-electron chi connectivity index (χ0n) is 16.7. The van der Waals surface area contributed by atoms with Crippen molar-refractivity contribution in [3.8, 4) is 0 Å². The van der Waals surface area contributed by atoms with Crippen molar-refractivity contribution >= 4 is 33.3 Å². The van der Waals surface area contributed by atoms with Gasteiger partial charge in [-0.1, -0.05) is 6.92 Å². The van der Waals surface area contributed by atoms with Crippen LogP contribution in [0.25, 0.3) is 10.2 Å². The molecular weight excluding hydrogens is 374 g/mol. The second-order valence-electron chi connectivity index (χ2n) is 7.81. The normalized spacial score (nSPS) is 19.3. The predicted molar refractivity (Wildman–Crippen MR) is 112 cm³/mol. The van der Waals surface area contributed by atoms with Crippen molar-refractivity contribution in [3.05, 3.63) is 16.8 Å². The molecule has 2 aromatic heterocycles. The van der Waals surface area contributed by atoms with E-state index in [-0.39, 0.29) is 5.91 Å². The van der Waals surface area contributed by atoms with Crippen LogP contribution in [-0.4, -0.2) is 78.2 Å². The Hall–Kier alpha value is -1.77. The minimum Gasteiger partial charge on any atom is -0.379 e. The fourth-order valence-corrected chi connectivity index (χ4v) is 5.04. The molecule has 2 fully saturated rings. The number of hydrogen-bond donors (Lipinski definition) is 1. The summed E-state index contributed by atoms with van der Waals surface area (Å²) in [6.07, 6.45) is 3.76. The van der Waals surface area contributed by atoms with Crippen LogP contribution in [-0.2, 0) is 4.74 Å². The number of ether oxygens (including phenoxy) is 1. The van der Waals surface area contributed by atoms with Gasteiger partial charge in [0.25, 0.3) is 5.91 Å². The fraction of sp³-hybridized carbons (Fsp3) is 0.650. The Morgan fingerprint density at radius 1 is 1.25 bits per heavy atom. The lowest BCUT2D eigenvalue weighted by Crippen LogP contribution is -2.39. The van der Waals surface area contributed by atoms with Crippen LogP contribution in [0.2, 0.25) is 0 Å². The van der Waals surface area contributed by atoms with Gasteiger partial charge in [-0.3, -0.25) is 9.69 Å². The summed E-state index contributed by atoms with van der Waals surface area (Å²) in [5.74, 6) is 1.69. The molecule has 28 heavy (non-hydrogen) atoms. The largest absolute Gasteiger partial charge is 0.379 e. The topological polar surface area (TPSA) is 70.6 Å². The molecule has 0 radical (unpaired) electrons. The van der Waals surface area contributed by atoms with Gasteiger partial charge in [-0.05, 0) is 31.2 Å². The number of anilines is 1. The summed E-state index contributed by atoms with van der Waals surface area (Å²) in [7, 11) is 0. The molecule has 2 saturated heterocycles. The van der Waals surface area contributed by atoms with Gasteiger partial charge in [0, 0.05) is 39.3 Å². The van der Waals surface area contributed by atoms with Gasteiger partial charge >= 0.3 is 0 Å². The molecule has 0 unspecified atom stereocenters. The van der Waals surface area contributed by atoms with Crippen molar-refractivity contribution in [2.45, 2.75) is 26.7 Å². The quantitative estimate of drug-likeness (QED) is 0.828. The molecule has 0 aromatic carbocycles. The number of hydrogen-bond acceptors (Lipinski definition) is 7. The molecule has 7 nitrogen and oxygen atoms in total. The van der Waals surface area contributed by atoms with E-state index in [1.54, 1.807) is 6.33 Å². The Kier molecular flexibility index (Phi) is 6.08. The maximum absolute atomic E-state index is 13.1. The van der Waals surface area contributed by atoms with Crippen LogP contribution >= 0.6 is 11.3 Å². The summed E-state index contributed by atoms with van der Waals surface area (Å²) in [5.41, 5.74) is 0.998. The average molecular weight is 404 g/mol. The van der Waals surface area contributed by atoms with Gasteiger partial charge in [0.15, 0.2) is 0 Å². The Balaban J connectivity index is 1.48.